The second-order valence-corrected chi connectivity index (χ2v) is 11.5. The third-order valence-electron chi connectivity index (χ3n) is 3.77. The standard InChI is InChI=1S/C12H26O2Si/c1-9(10-12(5,6)13-10)14-15(7,8)11(2,3)4/h9-10H,1-8H3/t9-,10-/m0/s1. The first-order valence-electron chi connectivity index (χ1n) is 5.83. The molecule has 1 fully saturated rings. The summed E-state index contributed by atoms with van der Waals surface area (Å²) in [5, 5.41) is 0.278. The van der Waals surface area contributed by atoms with E-state index >= 15 is 0 Å². The third-order valence-corrected chi connectivity index (χ3v) is 8.35. The number of hydrogen-bond donors (Lipinski definition) is 0. The zero-order chi connectivity index (χ0) is 12.1. The van der Waals surface area contributed by atoms with Gasteiger partial charge in [-0.3, -0.25) is 0 Å². The van der Waals surface area contributed by atoms with Gasteiger partial charge in [0.05, 0.1) is 11.7 Å². The molecule has 0 aromatic carbocycles. The van der Waals surface area contributed by atoms with Crippen molar-refractivity contribution < 1.29 is 9.16 Å². The molecule has 3 heteroatoms. The quantitative estimate of drug-likeness (QED) is 0.546. The lowest BCUT2D eigenvalue weighted by molar-refractivity contribution is 0.158. The molecule has 0 N–H and O–H groups in total. The minimum Gasteiger partial charge on any atom is -0.411 e. The van der Waals surface area contributed by atoms with Crippen LogP contribution in [-0.4, -0.2) is 26.1 Å². The summed E-state index contributed by atoms with van der Waals surface area (Å²) in [5.74, 6) is 0. The molecule has 0 spiro atoms. The van der Waals surface area contributed by atoms with Crippen molar-refractivity contribution in [3.8, 4) is 0 Å². The highest BCUT2D eigenvalue weighted by Crippen LogP contribution is 2.43. The summed E-state index contributed by atoms with van der Waals surface area (Å²) >= 11 is 0. The van der Waals surface area contributed by atoms with Crippen molar-refractivity contribution in [1.29, 1.82) is 0 Å². The van der Waals surface area contributed by atoms with E-state index in [4.69, 9.17) is 9.16 Å². The Morgan fingerprint density at radius 2 is 1.67 bits per heavy atom. The van der Waals surface area contributed by atoms with Gasteiger partial charge < -0.3 is 9.16 Å². The van der Waals surface area contributed by atoms with Crippen molar-refractivity contribution in [2.75, 3.05) is 0 Å². The van der Waals surface area contributed by atoms with Crippen LogP contribution in [-0.2, 0) is 9.16 Å². The Labute approximate surface area is 95.5 Å². The SMILES string of the molecule is C[C@H](O[Si](C)(C)C(C)(C)C)[C@@H]1OC1(C)C. The van der Waals surface area contributed by atoms with Crippen LogP contribution in [0.5, 0.6) is 0 Å². The Balaban J connectivity index is 2.56. The molecule has 0 amide bonds. The molecule has 90 valence electrons. The maximum atomic E-state index is 6.28. The van der Waals surface area contributed by atoms with Crippen molar-refractivity contribution in [1.82, 2.24) is 0 Å². The summed E-state index contributed by atoms with van der Waals surface area (Å²) in [6.45, 7) is 17.8. The highest BCUT2D eigenvalue weighted by atomic mass is 28.4. The van der Waals surface area contributed by atoms with Crippen molar-refractivity contribution in [2.45, 2.75) is 77.5 Å². The molecule has 1 rings (SSSR count). The molecule has 1 heterocycles. The molecule has 0 saturated carbocycles. The van der Waals surface area contributed by atoms with E-state index in [1.807, 2.05) is 0 Å². The van der Waals surface area contributed by atoms with E-state index < -0.39 is 8.32 Å². The van der Waals surface area contributed by atoms with Crippen molar-refractivity contribution in [3.63, 3.8) is 0 Å². The molecule has 0 bridgehead atoms. The Bertz CT molecular complexity index is 240. The monoisotopic (exact) mass is 230 g/mol. The van der Waals surface area contributed by atoms with Gasteiger partial charge in [-0.15, -0.1) is 0 Å². The summed E-state index contributed by atoms with van der Waals surface area (Å²) in [7, 11) is -1.63. The predicted molar refractivity (Wildman–Crippen MR) is 66.7 cm³/mol. The van der Waals surface area contributed by atoms with Crippen LogP contribution in [0.15, 0.2) is 0 Å². The van der Waals surface area contributed by atoms with Crippen LogP contribution in [0.3, 0.4) is 0 Å². The third kappa shape index (κ3) is 2.83. The molecule has 1 saturated heterocycles. The molecule has 0 aromatic heterocycles. The van der Waals surface area contributed by atoms with Gasteiger partial charge in [0.1, 0.15) is 6.10 Å². The Kier molecular flexibility index (Phi) is 3.14. The van der Waals surface area contributed by atoms with Gasteiger partial charge in [-0.2, -0.15) is 0 Å². The molecule has 0 aliphatic carbocycles. The number of epoxide rings is 1. The number of rotatable bonds is 3. The summed E-state index contributed by atoms with van der Waals surface area (Å²) in [5.41, 5.74) is 0.0295. The molecule has 15 heavy (non-hydrogen) atoms. The van der Waals surface area contributed by atoms with Crippen LogP contribution in [0.25, 0.3) is 0 Å². The van der Waals surface area contributed by atoms with Crippen LogP contribution < -0.4 is 0 Å². The van der Waals surface area contributed by atoms with Crippen molar-refractivity contribution in [2.24, 2.45) is 0 Å². The van der Waals surface area contributed by atoms with Gasteiger partial charge in [0, 0.05) is 0 Å². The smallest absolute Gasteiger partial charge is 0.192 e. The van der Waals surface area contributed by atoms with Gasteiger partial charge in [0.25, 0.3) is 0 Å². The van der Waals surface area contributed by atoms with Gasteiger partial charge in [0.2, 0.25) is 0 Å². The first-order valence-corrected chi connectivity index (χ1v) is 8.74. The van der Waals surface area contributed by atoms with E-state index in [0.717, 1.165) is 0 Å². The summed E-state index contributed by atoms with van der Waals surface area (Å²) in [6, 6.07) is 0. The fourth-order valence-corrected chi connectivity index (χ4v) is 3.06. The minimum atomic E-state index is -1.63. The molecule has 1 aliphatic heterocycles. The fraction of sp³-hybridized carbons (Fsp3) is 1.00. The number of ether oxygens (including phenoxy) is 1. The summed E-state index contributed by atoms with van der Waals surface area (Å²) < 4.78 is 11.9. The van der Waals surface area contributed by atoms with Gasteiger partial charge in [-0.1, -0.05) is 20.8 Å². The Morgan fingerprint density at radius 1 is 1.27 bits per heavy atom. The van der Waals surface area contributed by atoms with Crippen LogP contribution in [0, 0.1) is 0 Å². The van der Waals surface area contributed by atoms with Gasteiger partial charge >= 0.3 is 0 Å². The largest absolute Gasteiger partial charge is 0.411 e. The zero-order valence-electron chi connectivity index (χ0n) is 11.5. The van der Waals surface area contributed by atoms with Crippen molar-refractivity contribution >= 4 is 8.32 Å². The second kappa shape index (κ2) is 3.57. The van der Waals surface area contributed by atoms with Crippen LogP contribution in [0.1, 0.15) is 41.5 Å². The molecule has 2 nitrogen and oxygen atoms in total. The average molecular weight is 230 g/mol. The highest BCUT2D eigenvalue weighted by Gasteiger charge is 2.53. The average Bonchev–Trinajstić information content (AvgIpc) is 2.56. The fourth-order valence-electron chi connectivity index (χ4n) is 1.66. The molecule has 0 aromatic rings. The van der Waals surface area contributed by atoms with E-state index in [1.165, 1.54) is 0 Å². The normalized spacial score (nSPS) is 27.6. The van der Waals surface area contributed by atoms with Crippen LogP contribution in [0.4, 0.5) is 0 Å². The first-order chi connectivity index (χ1) is 6.47. The Hall–Kier alpha value is 0.137. The maximum Gasteiger partial charge on any atom is 0.192 e. The molecular weight excluding hydrogens is 204 g/mol. The zero-order valence-corrected chi connectivity index (χ0v) is 12.5. The van der Waals surface area contributed by atoms with E-state index in [1.54, 1.807) is 0 Å². The van der Waals surface area contributed by atoms with Gasteiger partial charge in [-0.05, 0) is 38.9 Å². The lowest BCUT2D eigenvalue weighted by atomic mass is 10.1. The van der Waals surface area contributed by atoms with Crippen LogP contribution in [0.2, 0.25) is 18.1 Å². The molecular formula is C12H26O2Si. The van der Waals surface area contributed by atoms with E-state index in [2.05, 4.69) is 54.6 Å². The lowest BCUT2D eigenvalue weighted by Crippen LogP contribution is -2.45. The first kappa shape index (κ1) is 13.2. The minimum absolute atomic E-state index is 0.0295. The second-order valence-electron chi connectivity index (χ2n) is 6.73. The lowest BCUT2D eigenvalue weighted by Gasteiger charge is -2.38. The van der Waals surface area contributed by atoms with Gasteiger partial charge in [0.15, 0.2) is 8.32 Å². The molecule has 0 radical (unpaired) electrons. The summed E-state index contributed by atoms with van der Waals surface area (Å²) in [4.78, 5) is 0. The molecule has 2 atom stereocenters. The topological polar surface area (TPSA) is 21.8 Å². The van der Waals surface area contributed by atoms with E-state index in [9.17, 15) is 0 Å². The molecule has 0 unspecified atom stereocenters. The van der Waals surface area contributed by atoms with Crippen LogP contribution >= 0.6 is 0 Å². The maximum absolute atomic E-state index is 6.28. The van der Waals surface area contributed by atoms with E-state index in [0.29, 0.717) is 0 Å². The predicted octanol–water partition coefficient (Wildman–Crippen LogP) is 3.57. The molecule has 1 aliphatic rings. The number of hydrogen-bond acceptors (Lipinski definition) is 2. The highest BCUT2D eigenvalue weighted by molar-refractivity contribution is 6.74. The van der Waals surface area contributed by atoms with Crippen molar-refractivity contribution in [3.05, 3.63) is 0 Å². The van der Waals surface area contributed by atoms with E-state index in [-0.39, 0.29) is 22.8 Å². The summed E-state index contributed by atoms with van der Waals surface area (Å²) in [6.07, 6.45) is 0.507. The van der Waals surface area contributed by atoms with Gasteiger partial charge in [-0.25, -0.2) is 0 Å². The Morgan fingerprint density at radius 3 is 1.93 bits per heavy atom.